The molecule has 8 aromatic carbocycles. The van der Waals surface area contributed by atoms with Crippen LogP contribution in [0.3, 0.4) is 0 Å². The summed E-state index contributed by atoms with van der Waals surface area (Å²) in [6.07, 6.45) is 0. The molecule has 0 aliphatic carbocycles. The SMILES string of the molecule is c1ccc(-n2c3ccccc3c3ccc(-c4ccc5c(c4)c4ccccc4n5-c4cccc(-n5c6ccccc6c6ccccc65)c4)cc32)cc1. The topological polar surface area (TPSA) is 14.8 Å². The monoisotopic (exact) mass is 649 g/mol. The largest absolute Gasteiger partial charge is 0.309 e. The number of fused-ring (bicyclic) bond motifs is 9. The van der Waals surface area contributed by atoms with E-state index in [0.29, 0.717) is 0 Å². The molecule has 0 radical (unpaired) electrons. The Morgan fingerprint density at radius 3 is 1.18 bits per heavy atom. The Kier molecular flexibility index (Phi) is 5.96. The van der Waals surface area contributed by atoms with Crippen LogP contribution < -0.4 is 0 Å². The van der Waals surface area contributed by atoms with E-state index in [-0.39, 0.29) is 0 Å². The van der Waals surface area contributed by atoms with Gasteiger partial charge in [0.1, 0.15) is 0 Å². The third-order valence-electron chi connectivity index (χ3n) is 10.6. The first-order valence-electron chi connectivity index (χ1n) is 17.5. The first kappa shape index (κ1) is 28.0. The molecule has 0 spiro atoms. The van der Waals surface area contributed by atoms with E-state index in [4.69, 9.17) is 0 Å². The molecular weight excluding hydrogens is 619 g/mol. The van der Waals surface area contributed by atoms with Crippen LogP contribution in [0.5, 0.6) is 0 Å². The van der Waals surface area contributed by atoms with Crippen molar-refractivity contribution in [3.63, 3.8) is 0 Å². The highest BCUT2D eigenvalue weighted by atomic mass is 15.0. The fraction of sp³-hybridized carbons (Fsp3) is 0. The number of benzene rings is 8. The summed E-state index contributed by atoms with van der Waals surface area (Å²) >= 11 is 0. The first-order chi connectivity index (χ1) is 25.3. The molecule has 238 valence electrons. The maximum atomic E-state index is 2.42. The van der Waals surface area contributed by atoms with Crippen molar-refractivity contribution in [1.82, 2.24) is 13.7 Å². The van der Waals surface area contributed by atoms with Crippen LogP contribution in [0.2, 0.25) is 0 Å². The zero-order chi connectivity index (χ0) is 33.5. The van der Waals surface area contributed by atoms with Crippen molar-refractivity contribution in [2.45, 2.75) is 0 Å². The van der Waals surface area contributed by atoms with Crippen LogP contribution in [0.1, 0.15) is 0 Å². The van der Waals surface area contributed by atoms with Gasteiger partial charge in [-0.15, -0.1) is 0 Å². The predicted octanol–water partition coefficient (Wildman–Crippen LogP) is 12.6. The second kappa shape index (κ2) is 10.8. The van der Waals surface area contributed by atoms with E-state index in [0.717, 1.165) is 11.4 Å². The normalized spacial score (nSPS) is 11.9. The molecule has 3 heteroatoms. The van der Waals surface area contributed by atoms with E-state index >= 15 is 0 Å². The highest BCUT2D eigenvalue weighted by Gasteiger charge is 2.17. The molecule has 0 amide bonds. The third kappa shape index (κ3) is 4.12. The van der Waals surface area contributed by atoms with Crippen molar-refractivity contribution in [2.24, 2.45) is 0 Å². The number of rotatable bonds is 4. The average molecular weight is 650 g/mol. The van der Waals surface area contributed by atoms with Gasteiger partial charge in [-0.1, -0.05) is 115 Å². The van der Waals surface area contributed by atoms with Gasteiger partial charge in [0.25, 0.3) is 0 Å². The second-order valence-corrected chi connectivity index (χ2v) is 13.4. The van der Waals surface area contributed by atoms with Crippen LogP contribution in [0.4, 0.5) is 0 Å². The molecule has 11 aromatic rings. The number of nitrogens with zero attached hydrogens (tertiary/aromatic N) is 3. The van der Waals surface area contributed by atoms with Crippen LogP contribution in [-0.4, -0.2) is 13.7 Å². The molecule has 0 aliphatic heterocycles. The third-order valence-corrected chi connectivity index (χ3v) is 10.6. The Morgan fingerprint density at radius 2 is 0.608 bits per heavy atom. The van der Waals surface area contributed by atoms with Gasteiger partial charge in [-0.25, -0.2) is 0 Å². The molecule has 0 saturated carbocycles. The zero-order valence-electron chi connectivity index (χ0n) is 27.7. The quantitative estimate of drug-likeness (QED) is 0.180. The van der Waals surface area contributed by atoms with E-state index in [1.54, 1.807) is 0 Å². The molecule has 51 heavy (non-hydrogen) atoms. The van der Waals surface area contributed by atoms with Gasteiger partial charge in [-0.2, -0.15) is 0 Å². The van der Waals surface area contributed by atoms with Crippen LogP contribution in [0, 0.1) is 0 Å². The molecule has 0 aliphatic rings. The molecule has 0 saturated heterocycles. The standard InChI is InChI=1S/C48H31N3/c1-2-13-34(14-3-1)49-43-21-8-6-19-39(43)41-27-25-33(30-48(41)49)32-26-28-47-42(29-32)40-20-7-11-24-46(40)51(47)36-16-12-15-35(31-36)50-44-22-9-4-17-37(44)38-18-5-10-23-45(38)50/h1-31H. The van der Waals surface area contributed by atoms with Crippen molar-refractivity contribution < 1.29 is 0 Å². The molecule has 0 fully saturated rings. The summed E-state index contributed by atoms with van der Waals surface area (Å²) in [5, 5.41) is 7.56. The first-order valence-corrected chi connectivity index (χ1v) is 17.5. The van der Waals surface area contributed by atoms with Gasteiger partial charge in [-0.3, -0.25) is 0 Å². The lowest BCUT2D eigenvalue weighted by Gasteiger charge is -2.13. The van der Waals surface area contributed by atoms with Crippen molar-refractivity contribution >= 4 is 65.4 Å². The molecule has 3 aromatic heterocycles. The summed E-state index contributed by atoms with van der Waals surface area (Å²) in [4.78, 5) is 0. The molecule has 0 atom stereocenters. The molecule has 11 rings (SSSR count). The Hall–Kier alpha value is -6.84. The zero-order valence-corrected chi connectivity index (χ0v) is 27.7. The number of hydrogen-bond donors (Lipinski definition) is 0. The Labute approximate surface area is 294 Å². The second-order valence-electron chi connectivity index (χ2n) is 13.4. The molecule has 3 heterocycles. The van der Waals surface area contributed by atoms with Crippen LogP contribution in [0.15, 0.2) is 188 Å². The van der Waals surface area contributed by atoms with Crippen molar-refractivity contribution in [3.05, 3.63) is 188 Å². The van der Waals surface area contributed by atoms with Gasteiger partial charge in [0.2, 0.25) is 0 Å². The minimum absolute atomic E-state index is 1.14. The molecule has 0 unspecified atom stereocenters. The lowest BCUT2D eigenvalue weighted by molar-refractivity contribution is 1.13. The Morgan fingerprint density at radius 1 is 0.216 bits per heavy atom. The van der Waals surface area contributed by atoms with Crippen molar-refractivity contribution in [2.75, 3.05) is 0 Å². The van der Waals surface area contributed by atoms with Crippen molar-refractivity contribution in [3.8, 4) is 28.2 Å². The minimum Gasteiger partial charge on any atom is -0.309 e. The summed E-state index contributed by atoms with van der Waals surface area (Å²) < 4.78 is 7.20. The van der Waals surface area contributed by atoms with Crippen LogP contribution >= 0.6 is 0 Å². The molecule has 3 nitrogen and oxygen atoms in total. The lowest BCUT2D eigenvalue weighted by atomic mass is 10.0. The fourth-order valence-electron chi connectivity index (χ4n) is 8.41. The summed E-state index contributed by atoms with van der Waals surface area (Å²) in [5.41, 5.74) is 13.1. The van der Waals surface area contributed by atoms with E-state index < -0.39 is 0 Å². The molecular formula is C48H31N3. The Bertz CT molecular complexity index is 3080. The van der Waals surface area contributed by atoms with Gasteiger partial charge in [0.05, 0.1) is 33.1 Å². The van der Waals surface area contributed by atoms with E-state index in [1.807, 2.05) is 0 Å². The highest BCUT2D eigenvalue weighted by Crippen LogP contribution is 2.39. The van der Waals surface area contributed by atoms with Gasteiger partial charge in [0, 0.05) is 49.4 Å². The fourth-order valence-corrected chi connectivity index (χ4v) is 8.41. The predicted molar refractivity (Wildman–Crippen MR) is 215 cm³/mol. The van der Waals surface area contributed by atoms with Gasteiger partial charge >= 0.3 is 0 Å². The van der Waals surface area contributed by atoms with Gasteiger partial charge in [0.15, 0.2) is 0 Å². The van der Waals surface area contributed by atoms with Crippen LogP contribution in [-0.2, 0) is 0 Å². The Balaban J connectivity index is 1.10. The number of hydrogen-bond acceptors (Lipinski definition) is 0. The summed E-state index contributed by atoms with van der Waals surface area (Å²) in [6.45, 7) is 0. The van der Waals surface area contributed by atoms with Gasteiger partial charge < -0.3 is 13.7 Å². The lowest BCUT2D eigenvalue weighted by Crippen LogP contribution is -1.98. The maximum absolute atomic E-state index is 2.42. The highest BCUT2D eigenvalue weighted by molar-refractivity contribution is 6.13. The summed E-state index contributed by atoms with van der Waals surface area (Å²) in [6, 6.07) is 68.5. The van der Waals surface area contributed by atoms with E-state index in [9.17, 15) is 0 Å². The summed E-state index contributed by atoms with van der Waals surface area (Å²) in [7, 11) is 0. The molecule has 0 bridgehead atoms. The maximum Gasteiger partial charge on any atom is 0.0547 e. The van der Waals surface area contributed by atoms with Gasteiger partial charge in [-0.05, 0) is 83.9 Å². The number of para-hydroxylation sites is 5. The number of aromatic nitrogens is 3. The van der Waals surface area contributed by atoms with Crippen molar-refractivity contribution in [1.29, 1.82) is 0 Å². The average Bonchev–Trinajstić information content (AvgIpc) is 3.83. The van der Waals surface area contributed by atoms with E-state index in [1.165, 1.54) is 82.2 Å². The summed E-state index contributed by atoms with van der Waals surface area (Å²) in [5.74, 6) is 0. The van der Waals surface area contributed by atoms with Crippen LogP contribution in [0.25, 0.3) is 93.6 Å². The smallest absolute Gasteiger partial charge is 0.0547 e. The minimum atomic E-state index is 1.14. The van der Waals surface area contributed by atoms with E-state index in [2.05, 4.69) is 202 Å². The molecule has 0 N–H and O–H groups in total.